The van der Waals surface area contributed by atoms with Crippen molar-refractivity contribution in [3.8, 4) is 11.1 Å². The van der Waals surface area contributed by atoms with Gasteiger partial charge in [0.1, 0.15) is 0 Å². The van der Waals surface area contributed by atoms with E-state index in [4.69, 9.17) is 4.74 Å². The minimum Gasteiger partial charge on any atom is -0.469 e. The summed E-state index contributed by atoms with van der Waals surface area (Å²) in [4.78, 5) is 11.6. The topological polar surface area (TPSA) is 46.5 Å². The van der Waals surface area contributed by atoms with Crippen LogP contribution in [0.4, 0.5) is 0 Å². The normalized spacial score (nSPS) is 17.9. The molecular formula is C35H42O3S. The molecule has 3 aromatic carbocycles. The summed E-state index contributed by atoms with van der Waals surface area (Å²) < 4.78 is 4.79. The zero-order chi connectivity index (χ0) is 28.0. The van der Waals surface area contributed by atoms with E-state index in [9.17, 15) is 9.90 Å². The summed E-state index contributed by atoms with van der Waals surface area (Å²) in [5.74, 6) is 2.06. The Morgan fingerprint density at radius 3 is 2.26 bits per heavy atom. The Hall–Kier alpha value is -2.82. The summed E-state index contributed by atoms with van der Waals surface area (Å²) in [6.45, 7) is 8.97. The maximum absolute atomic E-state index is 11.6. The van der Waals surface area contributed by atoms with E-state index in [1.165, 1.54) is 40.5 Å². The third-order valence-corrected chi connectivity index (χ3v) is 9.68. The van der Waals surface area contributed by atoms with E-state index in [-0.39, 0.29) is 23.4 Å². The number of carbonyl (C=O) groups excluding carboxylic acids is 1. The number of aryl methyl sites for hydroxylation is 2. The van der Waals surface area contributed by atoms with Crippen LogP contribution in [0.1, 0.15) is 66.5 Å². The summed E-state index contributed by atoms with van der Waals surface area (Å²) in [6.07, 6.45) is 7.39. The van der Waals surface area contributed by atoms with Gasteiger partial charge in [-0.2, -0.15) is 11.8 Å². The van der Waals surface area contributed by atoms with Gasteiger partial charge in [-0.1, -0.05) is 86.7 Å². The Bertz CT molecular complexity index is 1300. The number of hydrogen-bond donors (Lipinski definition) is 1. The van der Waals surface area contributed by atoms with Crippen molar-refractivity contribution < 1.29 is 14.6 Å². The Morgan fingerprint density at radius 1 is 1.00 bits per heavy atom. The summed E-state index contributed by atoms with van der Waals surface area (Å²) in [5, 5.41) is 10.3. The fourth-order valence-corrected chi connectivity index (χ4v) is 7.06. The van der Waals surface area contributed by atoms with Gasteiger partial charge in [0.25, 0.3) is 0 Å². The maximum Gasteiger partial charge on any atom is 0.309 e. The average molecular weight is 543 g/mol. The van der Waals surface area contributed by atoms with Crippen LogP contribution < -0.4 is 0 Å². The van der Waals surface area contributed by atoms with Gasteiger partial charge in [-0.25, -0.2) is 0 Å². The molecule has 2 unspecified atom stereocenters. The molecule has 1 aliphatic rings. The van der Waals surface area contributed by atoms with Crippen LogP contribution in [0, 0.1) is 19.8 Å². The number of carbonyl (C=O) groups is 1. The molecule has 1 N–H and O–H groups in total. The molecule has 206 valence electrons. The van der Waals surface area contributed by atoms with Gasteiger partial charge in [0.2, 0.25) is 0 Å². The molecule has 0 bridgehead atoms. The van der Waals surface area contributed by atoms with Crippen molar-refractivity contribution in [2.24, 2.45) is 5.92 Å². The fourth-order valence-electron chi connectivity index (χ4n) is 5.88. The van der Waals surface area contributed by atoms with Crippen molar-refractivity contribution in [3.63, 3.8) is 0 Å². The van der Waals surface area contributed by atoms with Gasteiger partial charge in [0, 0.05) is 17.1 Å². The molecule has 39 heavy (non-hydrogen) atoms. The number of aliphatic hydroxyl groups excluding tert-OH is 1. The van der Waals surface area contributed by atoms with Crippen LogP contribution in [0.5, 0.6) is 0 Å². The number of ether oxygens (including phenoxy) is 1. The number of benzene rings is 3. The molecule has 4 heteroatoms. The molecule has 1 saturated heterocycles. The van der Waals surface area contributed by atoms with Crippen molar-refractivity contribution in [3.05, 3.63) is 100 Å². The molecule has 1 heterocycles. The number of thioether (sulfide) groups is 1. The fraction of sp³-hybridized carbons (Fsp3) is 0.400. The van der Waals surface area contributed by atoms with Crippen LogP contribution in [0.3, 0.4) is 0 Å². The molecule has 3 aromatic rings. The summed E-state index contributed by atoms with van der Waals surface area (Å²) >= 11 is 1.93. The molecule has 4 rings (SSSR count). The van der Waals surface area contributed by atoms with Gasteiger partial charge < -0.3 is 9.84 Å². The minimum absolute atomic E-state index is 0.0587. The second-order valence-corrected chi connectivity index (χ2v) is 11.9. The van der Waals surface area contributed by atoms with Crippen molar-refractivity contribution in [2.75, 3.05) is 18.6 Å². The standard InChI is InChI=1S/C35H42O3S/c1-6-35(7-2,30-15-14-27(24(3)20-30)12-13-29-23-39-19-18-33(29)36)31-16-17-32(25(4)21-31)28-10-8-26(9-11-28)22-34(37)38-5/h8-17,20-21,29,33,36H,6-7,18-19,22-23H2,1-5H3/b13-12+. The zero-order valence-corrected chi connectivity index (χ0v) is 24.8. The first-order valence-electron chi connectivity index (χ1n) is 14.1. The number of hydrogen-bond acceptors (Lipinski definition) is 4. The molecule has 0 amide bonds. The van der Waals surface area contributed by atoms with Crippen molar-refractivity contribution in [1.29, 1.82) is 0 Å². The molecule has 0 radical (unpaired) electrons. The predicted octanol–water partition coefficient (Wildman–Crippen LogP) is 7.92. The van der Waals surface area contributed by atoms with Gasteiger partial charge in [0.05, 0.1) is 19.6 Å². The number of esters is 1. The Labute approximate surface area is 238 Å². The number of methoxy groups -OCH3 is 1. The van der Waals surface area contributed by atoms with Crippen LogP contribution in [-0.2, 0) is 21.4 Å². The van der Waals surface area contributed by atoms with Gasteiger partial charge in [-0.15, -0.1) is 0 Å². The van der Waals surface area contributed by atoms with E-state index < -0.39 is 0 Å². The SMILES string of the molecule is CCC(CC)(c1ccc(/C=C/C2CSCCC2O)c(C)c1)c1ccc(-c2ccc(CC(=O)OC)cc2)c(C)c1. The number of aliphatic hydroxyl groups is 1. The lowest BCUT2D eigenvalue weighted by Gasteiger charge is -2.34. The molecule has 3 nitrogen and oxygen atoms in total. The highest BCUT2D eigenvalue weighted by molar-refractivity contribution is 7.99. The van der Waals surface area contributed by atoms with E-state index in [0.29, 0.717) is 6.42 Å². The van der Waals surface area contributed by atoms with Crippen LogP contribution >= 0.6 is 11.8 Å². The average Bonchev–Trinajstić information content (AvgIpc) is 2.95. The van der Waals surface area contributed by atoms with Gasteiger partial charge in [-0.05, 0) is 83.4 Å². The lowest BCUT2D eigenvalue weighted by Crippen LogP contribution is -2.26. The third-order valence-electron chi connectivity index (χ3n) is 8.54. The Kier molecular flexibility index (Phi) is 9.74. The maximum atomic E-state index is 11.6. The summed E-state index contributed by atoms with van der Waals surface area (Å²) in [7, 11) is 1.42. The molecule has 1 aliphatic heterocycles. The van der Waals surface area contributed by atoms with E-state index in [1.54, 1.807) is 0 Å². The highest BCUT2D eigenvalue weighted by Crippen LogP contribution is 2.41. The minimum atomic E-state index is -0.223. The van der Waals surface area contributed by atoms with Gasteiger partial charge in [0.15, 0.2) is 0 Å². The largest absolute Gasteiger partial charge is 0.469 e. The van der Waals surface area contributed by atoms with Crippen LogP contribution in [-0.4, -0.2) is 35.8 Å². The van der Waals surface area contributed by atoms with Crippen molar-refractivity contribution >= 4 is 23.8 Å². The monoisotopic (exact) mass is 542 g/mol. The van der Waals surface area contributed by atoms with Crippen LogP contribution in [0.2, 0.25) is 0 Å². The van der Waals surface area contributed by atoms with E-state index in [2.05, 4.69) is 88.4 Å². The lowest BCUT2D eigenvalue weighted by atomic mass is 9.69. The molecule has 0 aliphatic carbocycles. The highest BCUT2D eigenvalue weighted by atomic mass is 32.2. The molecule has 0 aromatic heterocycles. The van der Waals surface area contributed by atoms with E-state index in [1.807, 2.05) is 23.9 Å². The smallest absolute Gasteiger partial charge is 0.309 e. The van der Waals surface area contributed by atoms with Crippen molar-refractivity contribution in [2.45, 2.75) is 64.9 Å². The molecule has 1 fully saturated rings. The summed E-state index contributed by atoms with van der Waals surface area (Å²) in [5.41, 5.74) is 9.72. The number of rotatable bonds is 9. The predicted molar refractivity (Wildman–Crippen MR) is 165 cm³/mol. The first-order chi connectivity index (χ1) is 18.8. The van der Waals surface area contributed by atoms with Gasteiger partial charge >= 0.3 is 5.97 Å². The van der Waals surface area contributed by atoms with E-state index >= 15 is 0 Å². The quantitative estimate of drug-likeness (QED) is 0.279. The summed E-state index contributed by atoms with van der Waals surface area (Å²) in [6, 6.07) is 22.0. The second-order valence-electron chi connectivity index (χ2n) is 10.8. The van der Waals surface area contributed by atoms with Gasteiger partial charge in [-0.3, -0.25) is 4.79 Å². The lowest BCUT2D eigenvalue weighted by molar-refractivity contribution is -0.139. The highest BCUT2D eigenvalue weighted by Gasteiger charge is 2.31. The molecule has 0 spiro atoms. The molecule has 0 saturated carbocycles. The Morgan fingerprint density at radius 2 is 1.67 bits per heavy atom. The third kappa shape index (κ3) is 6.50. The molecule has 2 atom stereocenters. The first kappa shape index (κ1) is 29.2. The van der Waals surface area contributed by atoms with E-state index in [0.717, 1.165) is 41.9 Å². The van der Waals surface area contributed by atoms with Crippen LogP contribution in [0.25, 0.3) is 17.2 Å². The first-order valence-corrected chi connectivity index (χ1v) is 15.3. The van der Waals surface area contributed by atoms with Crippen molar-refractivity contribution in [1.82, 2.24) is 0 Å². The van der Waals surface area contributed by atoms with Crippen LogP contribution in [0.15, 0.2) is 66.7 Å². The second kappa shape index (κ2) is 13.0. The molecular weight excluding hydrogens is 500 g/mol. The Balaban J connectivity index is 1.60. The zero-order valence-electron chi connectivity index (χ0n) is 24.0.